The van der Waals surface area contributed by atoms with E-state index in [1.165, 1.54) is 24.1 Å². The van der Waals surface area contributed by atoms with Crippen LogP contribution in [0.3, 0.4) is 0 Å². The molecule has 0 bridgehead atoms. The fourth-order valence-electron chi connectivity index (χ4n) is 4.25. The maximum Gasteiger partial charge on any atom is 0.269 e. The van der Waals surface area contributed by atoms with Gasteiger partial charge in [-0.05, 0) is 55.7 Å². The van der Waals surface area contributed by atoms with Crippen LogP contribution in [-0.2, 0) is 4.79 Å². The van der Waals surface area contributed by atoms with Crippen molar-refractivity contribution < 1.29 is 9.72 Å². The average molecular weight is 283 g/mol. The van der Waals surface area contributed by atoms with Crippen LogP contribution < -0.4 is 0 Å². The quantitative estimate of drug-likeness (QED) is 0.611. The molecule has 1 atom stereocenters. The molecule has 21 heavy (non-hydrogen) atoms. The van der Waals surface area contributed by atoms with Crippen LogP contribution in [-0.4, -0.2) is 10.7 Å². The highest BCUT2D eigenvalue weighted by Gasteiger charge is 2.61. The molecule has 0 radical (unpaired) electrons. The summed E-state index contributed by atoms with van der Waals surface area (Å²) in [6.07, 6.45) is 6.58. The number of non-ortho nitro benzene ring substituents is 1. The Morgan fingerprint density at radius 1 is 1.14 bits per heavy atom. The summed E-state index contributed by atoms with van der Waals surface area (Å²) in [6.45, 7) is 0. The topological polar surface area (TPSA) is 60.2 Å². The van der Waals surface area contributed by atoms with Crippen molar-refractivity contribution in [3.8, 4) is 0 Å². The van der Waals surface area contributed by atoms with E-state index in [4.69, 9.17) is 0 Å². The highest BCUT2D eigenvalue weighted by Crippen LogP contribution is 2.65. The average Bonchev–Trinajstić information content (AvgIpc) is 3.25. The van der Waals surface area contributed by atoms with Gasteiger partial charge in [0, 0.05) is 23.1 Å². The first-order valence-corrected chi connectivity index (χ1v) is 7.66. The van der Waals surface area contributed by atoms with E-state index in [9.17, 15) is 14.9 Å². The van der Waals surface area contributed by atoms with Gasteiger partial charge in [-0.1, -0.05) is 12.0 Å². The first kappa shape index (κ1) is 12.7. The molecule has 0 aliphatic heterocycles. The van der Waals surface area contributed by atoms with Gasteiger partial charge in [-0.2, -0.15) is 0 Å². The summed E-state index contributed by atoms with van der Waals surface area (Å²) in [5.41, 5.74) is 3.07. The summed E-state index contributed by atoms with van der Waals surface area (Å²) in [4.78, 5) is 23.3. The number of ketones is 1. The second-order valence-electron chi connectivity index (χ2n) is 6.49. The Labute approximate surface area is 123 Å². The minimum atomic E-state index is -0.399. The molecule has 4 nitrogen and oxygen atoms in total. The molecule has 1 unspecified atom stereocenters. The van der Waals surface area contributed by atoms with Crippen LogP contribution in [0, 0.1) is 21.4 Å². The predicted octanol–water partition coefficient (Wildman–Crippen LogP) is 3.90. The highest BCUT2D eigenvalue weighted by atomic mass is 16.6. The van der Waals surface area contributed by atoms with Crippen molar-refractivity contribution in [2.45, 2.75) is 38.5 Å². The summed E-state index contributed by atoms with van der Waals surface area (Å²) in [6, 6.07) is 6.49. The zero-order valence-electron chi connectivity index (χ0n) is 11.8. The molecule has 3 aliphatic rings. The second kappa shape index (κ2) is 4.26. The van der Waals surface area contributed by atoms with Crippen LogP contribution >= 0.6 is 0 Å². The standard InChI is InChI=1S/C17H17NO3/c19-16-15(11-5-7-12(8-6-11)18(20)21)13-3-1-2-4-14(13)17(16)9-10-17/h5-8,14H,1-4,9-10H2. The number of nitrogens with zero attached hydrogens (tertiary/aromatic N) is 1. The third-order valence-electron chi connectivity index (χ3n) is 5.43. The number of Topliss-reactive ketones (excluding diaryl/α,β-unsaturated/α-hetero) is 1. The highest BCUT2D eigenvalue weighted by molar-refractivity contribution is 6.28. The Morgan fingerprint density at radius 3 is 2.48 bits per heavy atom. The van der Waals surface area contributed by atoms with Gasteiger partial charge in [0.2, 0.25) is 0 Å². The fraction of sp³-hybridized carbons (Fsp3) is 0.471. The number of hydrogen-bond acceptors (Lipinski definition) is 3. The monoisotopic (exact) mass is 283 g/mol. The van der Waals surface area contributed by atoms with Crippen LogP contribution in [0.15, 0.2) is 29.8 Å². The first-order chi connectivity index (χ1) is 10.1. The third-order valence-corrected chi connectivity index (χ3v) is 5.43. The van der Waals surface area contributed by atoms with Crippen molar-refractivity contribution >= 4 is 17.0 Å². The van der Waals surface area contributed by atoms with E-state index >= 15 is 0 Å². The van der Waals surface area contributed by atoms with E-state index in [0.717, 1.165) is 43.2 Å². The molecule has 0 heterocycles. The summed E-state index contributed by atoms with van der Waals surface area (Å²) in [5, 5.41) is 10.8. The molecule has 1 aromatic rings. The van der Waals surface area contributed by atoms with E-state index in [2.05, 4.69) is 0 Å². The molecule has 2 saturated carbocycles. The second-order valence-corrected chi connectivity index (χ2v) is 6.49. The third kappa shape index (κ3) is 1.71. The molecular weight excluding hydrogens is 266 g/mol. The molecule has 3 aliphatic carbocycles. The van der Waals surface area contributed by atoms with Gasteiger partial charge in [-0.15, -0.1) is 0 Å². The number of nitro benzene ring substituents is 1. The Kier molecular flexibility index (Phi) is 2.59. The molecular formula is C17H17NO3. The molecule has 0 amide bonds. The number of benzene rings is 1. The molecule has 0 N–H and O–H groups in total. The van der Waals surface area contributed by atoms with E-state index in [-0.39, 0.29) is 11.1 Å². The van der Waals surface area contributed by atoms with Crippen molar-refractivity contribution in [2.75, 3.05) is 0 Å². The fourth-order valence-corrected chi connectivity index (χ4v) is 4.25. The van der Waals surface area contributed by atoms with Gasteiger partial charge in [0.15, 0.2) is 5.78 Å². The van der Waals surface area contributed by atoms with Crippen molar-refractivity contribution in [3.63, 3.8) is 0 Å². The Morgan fingerprint density at radius 2 is 1.86 bits per heavy atom. The summed E-state index contributed by atoms with van der Waals surface area (Å²) >= 11 is 0. The Bertz CT molecular complexity index is 668. The van der Waals surface area contributed by atoms with Crippen molar-refractivity contribution in [1.29, 1.82) is 0 Å². The van der Waals surface area contributed by atoms with Crippen molar-refractivity contribution in [3.05, 3.63) is 45.5 Å². The molecule has 4 heteroatoms. The van der Waals surface area contributed by atoms with Gasteiger partial charge in [0.1, 0.15) is 0 Å². The van der Waals surface area contributed by atoms with Gasteiger partial charge >= 0.3 is 0 Å². The number of carbonyl (C=O) groups is 1. The van der Waals surface area contributed by atoms with E-state index < -0.39 is 4.92 Å². The normalized spacial score (nSPS) is 26.1. The van der Waals surface area contributed by atoms with Crippen molar-refractivity contribution in [2.24, 2.45) is 11.3 Å². The molecule has 0 saturated heterocycles. The number of fused-ring (bicyclic) bond motifs is 2. The predicted molar refractivity (Wildman–Crippen MR) is 78.6 cm³/mol. The first-order valence-electron chi connectivity index (χ1n) is 7.66. The lowest BCUT2D eigenvalue weighted by atomic mass is 9.78. The molecule has 2 fully saturated rings. The Hall–Kier alpha value is -1.97. The van der Waals surface area contributed by atoms with Gasteiger partial charge in [-0.25, -0.2) is 0 Å². The zero-order chi connectivity index (χ0) is 14.6. The smallest absolute Gasteiger partial charge is 0.269 e. The largest absolute Gasteiger partial charge is 0.294 e. The van der Waals surface area contributed by atoms with Crippen LogP contribution in [0.4, 0.5) is 5.69 Å². The minimum Gasteiger partial charge on any atom is -0.294 e. The number of nitro groups is 1. The van der Waals surface area contributed by atoms with Gasteiger partial charge < -0.3 is 0 Å². The van der Waals surface area contributed by atoms with Crippen molar-refractivity contribution in [1.82, 2.24) is 0 Å². The molecule has 0 aromatic heterocycles. The maximum absolute atomic E-state index is 12.9. The lowest BCUT2D eigenvalue weighted by Gasteiger charge is -2.25. The van der Waals surface area contributed by atoms with Crippen LogP contribution in [0.25, 0.3) is 5.57 Å². The number of allylic oxidation sites excluding steroid dienone is 2. The molecule has 1 aromatic carbocycles. The Balaban J connectivity index is 1.78. The van der Waals surface area contributed by atoms with Gasteiger partial charge in [0.25, 0.3) is 5.69 Å². The van der Waals surface area contributed by atoms with E-state index in [0.29, 0.717) is 11.7 Å². The van der Waals surface area contributed by atoms with Crippen LogP contribution in [0.1, 0.15) is 44.1 Å². The summed E-state index contributed by atoms with van der Waals surface area (Å²) in [7, 11) is 0. The molecule has 4 rings (SSSR count). The van der Waals surface area contributed by atoms with E-state index in [1.807, 2.05) is 0 Å². The zero-order valence-corrected chi connectivity index (χ0v) is 11.8. The molecule has 1 spiro atoms. The van der Waals surface area contributed by atoms with Gasteiger partial charge in [0.05, 0.1) is 4.92 Å². The van der Waals surface area contributed by atoms with Crippen LogP contribution in [0.5, 0.6) is 0 Å². The maximum atomic E-state index is 12.9. The summed E-state index contributed by atoms with van der Waals surface area (Å²) < 4.78 is 0. The number of carbonyl (C=O) groups excluding carboxylic acids is 1. The lowest BCUT2D eigenvalue weighted by molar-refractivity contribution is -0.384. The summed E-state index contributed by atoms with van der Waals surface area (Å²) in [5.74, 6) is 0.752. The number of hydrogen-bond donors (Lipinski definition) is 0. The van der Waals surface area contributed by atoms with Crippen LogP contribution in [0.2, 0.25) is 0 Å². The van der Waals surface area contributed by atoms with Gasteiger partial charge in [-0.3, -0.25) is 14.9 Å². The lowest BCUT2D eigenvalue weighted by Crippen LogP contribution is -2.21. The molecule has 108 valence electrons. The minimum absolute atomic E-state index is 0.0797. The van der Waals surface area contributed by atoms with E-state index in [1.54, 1.807) is 12.1 Å². The SMILES string of the molecule is O=C1C(c2ccc([N+](=O)[O-])cc2)=C2CCCCC2C12CC2. The number of rotatable bonds is 2.